The SMILES string of the molecule is COc1ccc(/C=C/c2ccc(O)c3c2C[C@]2(C)C[C@]4(C)C(C(C)C)C(=O)C(C(C)=O)=C(O)[C@]4(O)C(=O)C2=C3O)cc1OC. The molecule has 4 N–H and O–H groups in total. The van der Waals surface area contributed by atoms with Crippen molar-refractivity contribution in [2.45, 2.75) is 53.1 Å². The first-order valence-corrected chi connectivity index (χ1v) is 14.5. The maximum Gasteiger partial charge on any atom is 0.203 e. The van der Waals surface area contributed by atoms with Crippen molar-refractivity contribution >= 4 is 35.3 Å². The number of fused-ring (bicyclic) bond motifs is 3. The van der Waals surface area contributed by atoms with Gasteiger partial charge in [-0.25, -0.2) is 0 Å². The van der Waals surface area contributed by atoms with Crippen LogP contribution >= 0.6 is 0 Å². The molecular formula is C35H38O9. The van der Waals surface area contributed by atoms with Crippen molar-refractivity contribution in [1.82, 2.24) is 0 Å². The van der Waals surface area contributed by atoms with Crippen molar-refractivity contribution in [2.24, 2.45) is 22.7 Å². The molecule has 0 aliphatic heterocycles. The molecule has 232 valence electrons. The quantitative estimate of drug-likeness (QED) is 0.252. The van der Waals surface area contributed by atoms with E-state index in [1.54, 1.807) is 54.0 Å². The molecule has 0 amide bonds. The van der Waals surface area contributed by atoms with Crippen LogP contribution < -0.4 is 9.47 Å². The van der Waals surface area contributed by atoms with Crippen molar-refractivity contribution in [3.05, 3.63) is 69.5 Å². The van der Waals surface area contributed by atoms with Crippen LogP contribution in [0.25, 0.3) is 17.9 Å². The van der Waals surface area contributed by atoms with E-state index in [9.17, 15) is 34.8 Å². The first kappa shape index (κ1) is 31.1. The number of phenolic OH excluding ortho intramolecular Hbond substituents is 1. The fourth-order valence-electron chi connectivity index (χ4n) is 8.04. The number of phenols is 1. The second-order valence-corrected chi connectivity index (χ2v) is 12.9. The molecule has 4 atom stereocenters. The van der Waals surface area contributed by atoms with E-state index in [4.69, 9.17) is 9.47 Å². The summed E-state index contributed by atoms with van der Waals surface area (Å²) in [6.07, 6.45) is 3.89. The Morgan fingerprint density at radius 2 is 1.66 bits per heavy atom. The third kappa shape index (κ3) is 4.13. The summed E-state index contributed by atoms with van der Waals surface area (Å²) in [6, 6.07) is 8.56. The Balaban J connectivity index is 1.71. The molecule has 3 aliphatic carbocycles. The molecule has 5 rings (SSSR count). The third-order valence-electron chi connectivity index (χ3n) is 9.79. The number of ether oxygens (including phenoxy) is 2. The highest BCUT2D eigenvalue weighted by atomic mass is 16.5. The lowest BCUT2D eigenvalue weighted by molar-refractivity contribution is -0.178. The molecule has 0 spiro atoms. The topological polar surface area (TPSA) is 151 Å². The predicted molar refractivity (Wildman–Crippen MR) is 164 cm³/mol. The minimum Gasteiger partial charge on any atom is -0.508 e. The summed E-state index contributed by atoms with van der Waals surface area (Å²) in [5, 5.41) is 46.1. The number of Topliss-reactive ketones (excluding diaryl/α,β-unsaturated/α-hetero) is 3. The zero-order chi connectivity index (χ0) is 32.5. The van der Waals surface area contributed by atoms with Crippen LogP contribution in [-0.4, -0.2) is 57.6 Å². The lowest BCUT2D eigenvalue weighted by Crippen LogP contribution is -2.69. The van der Waals surface area contributed by atoms with Gasteiger partial charge in [-0.05, 0) is 60.6 Å². The van der Waals surface area contributed by atoms with E-state index in [2.05, 4.69) is 0 Å². The van der Waals surface area contributed by atoms with Crippen LogP contribution in [0, 0.1) is 22.7 Å². The molecule has 0 saturated heterocycles. The fourth-order valence-corrected chi connectivity index (χ4v) is 8.04. The van der Waals surface area contributed by atoms with E-state index in [0.29, 0.717) is 22.6 Å². The summed E-state index contributed by atoms with van der Waals surface area (Å²) in [7, 11) is 3.09. The number of aliphatic hydroxyl groups is 3. The number of allylic oxidation sites excluding steroid dienone is 1. The highest BCUT2D eigenvalue weighted by Crippen LogP contribution is 2.65. The van der Waals surface area contributed by atoms with Gasteiger partial charge in [0, 0.05) is 22.3 Å². The van der Waals surface area contributed by atoms with E-state index in [0.717, 1.165) is 12.5 Å². The Morgan fingerprint density at radius 1 is 1.00 bits per heavy atom. The summed E-state index contributed by atoms with van der Waals surface area (Å²) >= 11 is 0. The number of methoxy groups -OCH3 is 2. The van der Waals surface area contributed by atoms with Crippen molar-refractivity contribution in [1.29, 1.82) is 0 Å². The van der Waals surface area contributed by atoms with E-state index in [-0.39, 0.29) is 29.7 Å². The Kier molecular flexibility index (Phi) is 7.32. The van der Waals surface area contributed by atoms with Crippen LogP contribution in [0.5, 0.6) is 17.2 Å². The summed E-state index contributed by atoms with van der Waals surface area (Å²) in [5.41, 5.74) is -3.89. The average molecular weight is 603 g/mol. The maximum absolute atomic E-state index is 14.4. The number of ketones is 3. The normalized spacial score (nSPS) is 28.2. The van der Waals surface area contributed by atoms with Gasteiger partial charge in [-0.15, -0.1) is 0 Å². The second kappa shape index (κ2) is 10.4. The Hall–Kier alpha value is -4.37. The van der Waals surface area contributed by atoms with Gasteiger partial charge in [0.2, 0.25) is 5.78 Å². The number of hydrogen-bond acceptors (Lipinski definition) is 9. The molecule has 2 aromatic rings. The van der Waals surface area contributed by atoms with Gasteiger partial charge in [-0.1, -0.05) is 52.0 Å². The predicted octanol–water partition coefficient (Wildman–Crippen LogP) is 5.38. The summed E-state index contributed by atoms with van der Waals surface area (Å²) in [6.45, 7) is 8.02. The first-order valence-electron chi connectivity index (χ1n) is 14.5. The molecule has 1 unspecified atom stereocenters. The number of carbonyl (C=O) groups excluding carboxylic acids is 3. The molecule has 9 heteroatoms. The zero-order valence-electron chi connectivity index (χ0n) is 25.9. The van der Waals surface area contributed by atoms with Gasteiger partial charge in [0.25, 0.3) is 0 Å². The molecule has 3 aliphatic rings. The summed E-state index contributed by atoms with van der Waals surface area (Å²) < 4.78 is 10.7. The average Bonchev–Trinajstić information content (AvgIpc) is 2.94. The van der Waals surface area contributed by atoms with Crippen LogP contribution in [0.2, 0.25) is 0 Å². The van der Waals surface area contributed by atoms with Gasteiger partial charge in [-0.2, -0.15) is 0 Å². The van der Waals surface area contributed by atoms with Gasteiger partial charge in [-0.3, -0.25) is 14.4 Å². The lowest BCUT2D eigenvalue weighted by Gasteiger charge is -2.59. The van der Waals surface area contributed by atoms with Gasteiger partial charge >= 0.3 is 0 Å². The van der Waals surface area contributed by atoms with E-state index >= 15 is 0 Å². The third-order valence-corrected chi connectivity index (χ3v) is 9.79. The lowest BCUT2D eigenvalue weighted by atomic mass is 9.43. The Labute approximate surface area is 256 Å². The second-order valence-electron chi connectivity index (χ2n) is 12.9. The number of aromatic hydroxyl groups is 1. The Bertz CT molecular complexity index is 1710. The smallest absolute Gasteiger partial charge is 0.203 e. The maximum atomic E-state index is 14.4. The van der Waals surface area contributed by atoms with Gasteiger partial charge in [0.1, 0.15) is 22.8 Å². The van der Waals surface area contributed by atoms with Crippen molar-refractivity contribution in [3.8, 4) is 17.2 Å². The number of aliphatic hydroxyl groups excluding tert-OH is 2. The first-order chi connectivity index (χ1) is 20.6. The molecule has 0 bridgehead atoms. The molecule has 44 heavy (non-hydrogen) atoms. The largest absolute Gasteiger partial charge is 0.508 e. The summed E-state index contributed by atoms with van der Waals surface area (Å²) in [5.74, 6) is -4.35. The van der Waals surface area contributed by atoms with Crippen LogP contribution in [0.3, 0.4) is 0 Å². The van der Waals surface area contributed by atoms with Crippen LogP contribution in [-0.2, 0) is 20.8 Å². The number of rotatable bonds is 6. The minimum atomic E-state index is -2.64. The molecule has 9 nitrogen and oxygen atoms in total. The fraction of sp³-hybridized carbons (Fsp3) is 0.400. The van der Waals surface area contributed by atoms with E-state index in [1.165, 1.54) is 6.07 Å². The van der Waals surface area contributed by atoms with E-state index in [1.807, 2.05) is 24.3 Å². The highest BCUT2D eigenvalue weighted by Gasteiger charge is 2.72. The van der Waals surface area contributed by atoms with Gasteiger partial charge in [0.15, 0.2) is 28.7 Å². The van der Waals surface area contributed by atoms with Crippen molar-refractivity contribution < 1.29 is 44.3 Å². The highest BCUT2D eigenvalue weighted by molar-refractivity contribution is 6.24. The van der Waals surface area contributed by atoms with Crippen molar-refractivity contribution in [2.75, 3.05) is 14.2 Å². The number of carbonyl (C=O) groups is 3. The molecule has 1 saturated carbocycles. The van der Waals surface area contributed by atoms with Crippen LogP contribution in [0.4, 0.5) is 0 Å². The molecule has 2 aromatic carbocycles. The summed E-state index contributed by atoms with van der Waals surface area (Å²) in [4.78, 5) is 40.6. The monoisotopic (exact) mass is 602 g/mol. The molecule has 0 radical (unpaired) electrons. The van der Waals surface area contributed by atoms with Crippen LogP contribution in [0.15, 0.2) is 47.2 Å². The standard InChI is InChI=1S/C35H38O9/c1-17(2)27-29(38)25(18(3)36)31(40)35(42)32(41)28-30(39)26-21(15-33(28,4)16-34(27,35)5)20(11-12-22(26)37)10-8-19-9-13-23(43-6)24(14-19)44-7/h8-14,17,27,37,39-40,42H,15-16H2,1-7H3/b10-8+/t27?,33-,34-,35+/m1/s1. The minimum absolute atomic E-state index is 0.0272. The Morgan fingerprint density at radius 3 is 2.25 bits per heavy atom. The zero-order valence-corrected chi connectivity index (χ0v) is 25.9. The molecule has 0 aromatic heterocycles. The van der Waals surface area contributed by atoms with Crippen molar-refractivity contribution in [3.63, 3.8) is 0 Å². The number of benzene rings is 2. The number of hydrogen-bond donors (Lipinski definition) is 4. The van der Waals surface area contributed by atoms with Gasteiger partial charge in [0.05, 0.1) is 19.8 Å². The molecule has 0 heterocycles. The molecular weight excluding hydrogens is 564 g/mol. The van der Waals surface area contributed by atoms with Gasteiger partial charge < -0.3 is 29.9 Å². The molecule has 1 fully saturated rings. The van der Waals surface area contributed by atoms with Crippen LogP contribution in [0.1, 0.15) is 63.3 Å². The van der Waals surface area contributed by atoms with E-state index < -0.39 is 62.7 Å².